The third-order valence-electron chi connectivity index (χ3n) is 3.07. The van der Waals surface area contributed by atoms with Crippen molar-refractivity contribution >= 4 is 16.3 Å². The van der Waals surface area contributed by atoms with Gasteiger partial charge in [0.2, 0.25) is 0 Å². The molecule has 2 rings (SSSR count). The van der Waals surface area contributed by atoms with Gasteiger partial charge < -0.3 is 10.1 Å². The molecule has 2 aromatic heterocycles. The van der Waals surface area contributed by atoms with E-state index in [1.165, 1.54) is 11.4 Å². The van der Waals surface area contributed by atoms with Crippen molar-refractivity contribution in [3.05, 3.63) is 22.5 Å². The van der Waals surface area contributed by atoms with E-state index >= 15 is 0 Å². The summed E-state index contributed by atoms with van der Waals surface area (Å²) in [5, 5.41) is 5.64. The molecule has 1 N–H and O–H groups in total. The van der Waals surface area contributed by atoms with Crippen molar-refractivity contribution in [1.82, 2.24) is 14.7 Å². The monoisotopic (exact) mass is 267 g/mol. The van der Waals surface area contributed by atoms with Crippen molar-refractivity contribution in [2.24, 2.45) is 0 Å². The molecule has 0 saturated heterocycles. The van der Waals surface area contributed by atoms with Gasteiger partial charge in [-0.3, -0.25) is 4.40 Å². The number of ether oxygens (including phenoxy) is 1. The van der Waals surface area contributed by atoms with Gasteiger partial charge in [0.15, 0.2) is 4.96 Å². The van der Waals surface area contributed by atoms with Crippen molar-refractivity contribution in [2.75, 3.05) is 20.3 Å². The van der Waals surface area contributed by atoms with Gasteiger partial charge in [0.1, 0.15) is 0 Å². The van der Waals surface area contributed by atoms with Crippen molar-refractivity contribution in [3.63, 3.8) is 0 Å². The molecule has 0 spiro atoms. The third kappa shape index (κ3) is 2.91. The Balaban J connectivity index is 1.91. The number of nitrogens with zero attached hydrogens (tertiary/aromatic N) is 2. The van der Waals surface area contributed by atoms with Crippen LogP contribution < -0.4 is 5.32 Å². The third-order valence-corrected chi connectivity index (χ3v) is 4.02. The zero-order valence-corrected chi connectivity index (χ0v) is 12.1. The number of fused-ring (bicyclic) bond motifs is 1. The Hall–Kier alpha value is -0.910. The molecular weight excluding hydrogens is 246 g/mol. The number of aromatic nitrogens is 2. The zero-order valence-electron chi connectivity index (χ0n) is 11.3. The fraction of sp³-hybridized carbons (Fsp3) is 0.615. The maximum Gasteiger partial charge on any atom is 0.194 e. The lowest BCUT2D eigenvalue weighted by Crippen LogP contribution is -2.17. The first-order valence-corrected chi connectivity index (χ1v) is 7.23. The second kappa shape index (κ2) is 6.31. The van der Waals surface area contributed by atoms with Crippen LogP contribution in [0.3, 0.4) is 0 Å². The van der Waals surface area contributed by atoms with Crippen LogP contribution in [-0.4, -0.2) is 29.6 Å². The van der Waals surface area contributed by atoms with Gasteiger partial charge in [-0.2, -0.15) is 0 Å². The highest BCUT2D eigenvalue weighted by molar-refractivity contribution is 7.15. The molecule has 18 heavy (non-hydrogen) atoms. The van der Waals surface area contributed by atoms with Gasteiger partial charge in [-0.25, -0.2) is 4.98 Å². The van der Waals surface area contributed by atoms with Crippen LogP contribution in [-0.2, 0) is 11.3 Å². The Morgan fingerprint density at radius 1 is 1.39 bits per heavy atom. The summed E-state index contributed by atoms with van der Waals surface area (Å²) in [5.74, 6) is 0. The lowest BCUT2D eigenvalue weighted by Gasteiger charge is -2.06. The summed E-state index contributed by atoms with van der Waals surface area (Å²) < 4.78 is 7.29. The lowest BCUT2D eigenvalue weighted by molar-refractivity contribution is 0.192. The molecule has 0 unspecified atom stereocenters. The van der Waals surface area contributed by atoms with Gasteiger partial charge in [0.05, 0.1) is 11.4 Å². The Kier molecular flexibility index (Phi) is 4.74. The first kappa shape index (κ1) is 13.5. The van der Waals surface area contributed by atoms with E-state index in [1.54, 1.807) is 18.4 Å². The summed E-state index contributed by atoms with van der Waals surface area (Å²) in [6, 6.07) is 0. The number of thiazole rings is 1. The molecule has 2 aromatic rings. The van der Waals surface area contributed by atoms with Crippen molar-refractivity contribution < 1.29 is 4.74 Å². The highest BCUT2D eigenvalue weighted by Gasteiger charge is 2.11. The van der Waals surface area contributed by atoms with Crippen LogP contribution in [0.5, 0.6) is 0 Å². The molecule has 0 aliphatic carbocycles. The quantitative estimate of drug-likeness (QED) is 0.783. The largest absolute Gasteiger partial charge is 0.385 e. The van der Waals surface area contributed by atoms with E-state index in [1.807, 2.05) is 0 Å². The zero-order chi connectivity index (χ0) is 13.0. The minimum absolute atomic E-state index is 0.848. The second-order valence-corrected chi connectivity index (χ2v) is 5.35. The van der Waals surface area contributed by atoms with Gasteiger partial charge >= 0.3 is 0 Å². The number of hydrogen-bond acceptors (Lipinski definition) is 4. The van der Waals surface area contributed by atoms with Crippen LogP contribution >= 0.6 is 11.3 Å². The predicted molar refractivity (Wildman–Crippen MR) is 75.4 cm³/mol. The van der Waals surface area contributed by atoms with E-state index in [2.05, 4.69) is 33.9 Å². The summed E-state index contributed by atoms with van der Waals surface area (Å²) in [5.41, 5.74) is 3.69. The van der Waals surface area contributed by atoms with Crippen molar-refractivity contribution in [3.8, 4) is 0 Å². The number of rotatable bonds is 7. The van der Waals surface area contributed by atoms with Crippen LogP contribution in [0.4, 0.5) is 0 Å². The van der Waals surface area contributed by atoms with Crippen LogP contribution in [0.1, 0.15) is 29.9 Å². The smallest absolute Gasteiger partial charge is 0.194 e. The summed E-state index contributed by atoms with van der Waals surface area (Å²) in [6.07, 6.45) is 2.26. The first-order chi connectivity index (χ1) is 8.74. The molecule has 0 aromatic carbocycles. The SMILES string of the molecule is COCCCCNCc1c(C)nc2scc(C)n12. The Morgan fingerprint density at radius 2 is 2.22 bits per heavy atom. The molecule has 0 aliphatic rings. The summed E-state index contributed by atoms with van der Waals surface area (Å²) in [6.45, 7) is 6.98. The normalized spacial score (nSPS) is 11.5. The minimum Gasteiger partial charge on any atom is -0.385 e. The van der Waals surface area contributed by atoms with Gasteiger partial charge in [0, 0.05) is 31.3 Å². The molecule has 5 heteroatoms. The fourth-order valence-corrected chi connectivity index (χ4v) is 3.01. The topological polar surface area (TPSA) is 38.6 Å². The average Bonchev–Trinajstić information content (AvgIpc) is 2.85. The van der Waals surface area contributed by atoms with Crippen LogP contribution in [0.2, 0.25) is 0 Å². The van der Waals surface area contributed by atoms with E-state index in [-0.39, 0.29) is 0 Å². The number of nitrogens with one attached hydrogen (secondary N) is 1. The molecule has 4 nitrogen and oxygen atoms in total. The summed E-state index contributed by atoms with van der Waals surface area (Å²) in [4.78, 5) is 5.68. The Bertz CT molecular complexity index is 504. The van der Waals surface area contributed by atoms with E-state index < -0.39 is 0 Å². The Morgan fingerprint density at radius 3 is 3.00 bits per heavy atom. The molecular formula is C13H21N3OS. The predicted octanol–water partition coefficient (Wildman–Crippen LogP) is 2.53. The molecule has 0 fully saturated rings. The maximum atomic E-state index is 5.04. The average molecular weight is 267 g/mol. The molecule has 2 heterocycles. The molecule has 0 aliphatic heterocycles. The van der Waals surface area contributed by atoms with Crippen LogP contribution in [0, 0.1) is 13.8 Å². The molecule has 0 atom stereocenters. The number of unbranched alkanes of at least 4 members (excludes halogenated alkanes) is 1. The van der Waals surface area contributed by atoms with Gasteiger partial charge in [-0.05, 0) is 33.2 Å². The number of aryl methyl sites for hydroxylation is 2. The fourth-order valence-electron chi connectivity index (χ4n) is 2.08. The lowest BCUT2D eigenvalue weighted by atomic mass is 10.3. The minimum atomic E-state index is 0.848. The van der Waals surface area contributed by atoms with E-state index in [0.29, 0.717) is 0 Å². The molecule has 0 saturated carbocycles. The van der Waals surface area contributed by atoms with Crippen LogP contribution in [0.25, 0.3) is 4.96 Å². The van der Waals surface area contributed by atoms with E-state index in [0.717, 1.165) is 43.2 Å². The van der Waals surface area contributed by atoms with Gasteiger partial charge in [0.25, 0.3) is 0 Å². The maximum absolute atomic E-state index is 5.04. The molecule has 0 radical (unpaired) electrons. The highest BCUT2D eigenvalue weighted by Crippen LogP contribution is 2.20. The number of hydrogen-bond donors (Lipinski definition) is 1. The van der Waals surface area contributed by atoms with Crippen LogP contribution in [0.15, 0.2) is 5.38 Å². The summed E-state index contributed by atoms with van der Waals surface area (Å²) in [7, 11) is 1.75. The number of methoxy groups -OCH3 is 1. The van der Waals surface area contributed by atoms with Gasteiger partial charge in [-0.1, -0.05) is 0 Å². The molecule has 0 bridgehead atoms. The van der Waals surface area contributed by atoms with E-state index in [9.17, 15) is 0 Å². The molecule has 0 amide bonds. The summed E-state index contributed by atoms with van der Waals surface area (Å²) >= 11 is 1.71. The van der Waals surface area contributed by atoms with Crippen molar-refractivity contribution in [2.45, 2.75) is 33.2 Å². The number of imidazole rings is 1. The molecule has 100 valence electrons. The first-order valence-electron chi connectivity index (χ1n) is 6.35. The Labute approximate surface area is 112 Å². The van der Waals surface area contributed by atoms with E-state index in [4.69, 9.17) is 4.74 Å². The van der Waals surface area contributed by atoms with Gasteiger partial charge in [-0.15, -0.1) is 11.3 Å². The standard InChI is InChI=1S/C13H21N3OS/c1-10-9-18-13-15-11(2)12(16(10)13)8-14-6-4-5-7-17-3/h9,14H,4-8H2,1-3H3. The second-order valence-electron chi connectivity index (χ2n) is 4.52. The van der Waals surface area contributed by atoms with Crippen molar-refractivity contribution in [1.29, 1.82) is 0 Å². The highest BCUT2D eigenvalue weighted by atomic mass is 32.1.